The van der Waals surface area contributed by atoms with E-state index in [1.165, 1.54) is 12.1 Å². The standard InChI is InChI=1S/C22H24FN5O3/c1-30-13-10-22(20-26-19(31-27-20)16-6-4-11-24-14-16)9-5-12-28(15-22)21(29)25-18-8-3-2-7-17(18)23/h2-4,6-8,11,14H,5,9-10,12-13,15H2,1H3,(H,25,29). The zero-order valence-corrected chi connectivity index (χ0v) is 17.3. The van der Waals surface area contributed by atoms with Gasteiger partial charge in [0, 0.05) is 39.2 Å². The van der Waals surface area contributed by atoms with E-state index < -0.39 is 11.2 Å². The van der Waals surface area contributed by atoms with Crippen molar-refractivity contribution in [1.29, 1.82) is 0 Å². The van der Waals surface area contributed by atoms with Gasteiger partial charge in [-0.25, -0.2) is 9.18 Å². The maximum absolute atomic E-state index is 14.0. The highest BCUT2D eigenvalue weighted by Gasteiger charge is 2.42. The minimum atomic E-state index is -0.523. The second-order valence-electron chi connectivity index (χ2n) is 7.62. The molecular formula is C22H24FN5O3. The molecule has 1 atom stereocenters. The molecule has 1 fully saturated rings. The molecule has 1 aliphatic heterocycles. The van der Waals surface area contributed by atoms with E-state index in [1.807, 2.05) is 6.07 Å². The van der Waals surface area contributed by atoms with Crippen molar-refractivity contribution in [2.45, 2.75) is 24.7 Å². The van der Waals surface area contributed by atoms with Crippen molar-refractivity contribution in [3.63, 3.8) is 0 Å². The molecule has 3 aromatic rings. The van der Waals surface area contributed by atoms with Crippen LogP contribution in [0, 0.1) is 5.82 Å². The Labute approximate surface area is 179 Å². The predicted molar refractivity (Wildman–Crippen MR) is 112 cm³/mol. The highest BCUT2D eigenvalue weighted by atomic mass is 19.1. The number of halogens is 1. The van der Waals surface area contributed by atoms with Crippen LogP contribution in [0.5, 0.6) is 0 Å². The number of carbonyl (C=O) groups is 1. The second-order valence-corrected chi connectivity index (χ2v) is 7.62. The van der Waals surface area contributed by atoms with E-state index in [9.17, 15) is 9.18 Å². The largest absolute Gasteiger partial charge is 0.385 e. The van der Waals surface area contributed by atoms with Crippen molar-refractivity contribution in [2.75, 3.05) is 32.1 Å². The molecule has 1 N–H and O–H groups in total. The first-order valence-electron chi connectivity index (χ1n) is 10.2. The zero-order chi connectivity index (χ0) is 21.7. The highest BCUT2D eigenvalue weighted by molar-refractivity contribution is 5.89. The Morgan fingerprint density at radius 2 is 2.19 bits per heavy atom. The number of nitrogens with zero attached hydrogens (tertiary/aromatic N) is 4. The summed E-state index contributed by atoms with van der Waals surface area (Å²) in [6, 6.07) is 9.40. The summed E-state index contributed by atoms with van der Waals surface area (Å²) in [7, 11) is 1.64. The third kappa shape index (κ3) is 4.56. The van der Waals surface area contributed by atoms with Gasteiger partial charge in [-0.3, -0.25) is 4.98 Å². The molecule has 2 aromatic heterocycles. The first-order chi connectivity index (χ1) is 15.1. The Kier molecular flexibility index (Phi) is 6.22. The molecule has 9 heteroatoms. The first kappa shape index (κ1) is 20.9. The predicted octanol–water partition coefficient (Wildman–Crippen LogP) is 3.87. The lowest BCUT2D eigenvalue weighted by molar-refractivity contribution is 0.111. The number of hydrogen-bond acceptors (Lipinski definition) is 6. The van der Waals surface area contributed by atoms with E-state index in [4.69, 9.17) is 9.26 Å². The van der Waals surface area contributed by atoms with Gasteiger partial charge in [-0.15, -0.1) is 0 Å². The monoisotopic (exact) mass is 425 g/mol. The Morgan fingerprint density at radius 3 is 2.97 bits per heavy atom. The lowest BCUT2D eigenvalue weighted by Gasteiger charge is -2.40. The first-order valence-corrected chi connectivity index (χ1v) is 10.2. The lowest BCUT2D eigenvalue weighted by Crippen LogP contribution is -2.50. The van der Waals surface area contributed by atoms with Crippen LogP contribution in [0.25, 0.3) is 11.5 Å². The van der Waals surface area contributed by atoms with Gasteiger partial charge >= 0.3 is 6.03 Å². The number of urea groups is 1. The number of likely N-dealkylation sites (tertiary alicyclic amines) is 1. The average molecular weight is 425 g/mol. The Hall–Kier alpha value is -3.33. The molecule has 1 saturated heterocycles. The molecule has 8 nitrogen and oxygen atoms in total. The minimum Gasteiger partial charge on any atom is -0.385 e. The fraction of sp³-hybridized carbons (Fsp3) is 0.364. The molecule has 1 aromatic carbocycles. The molecule has 1 aliphatic rings. The van der Waals surface area contributed by atoms with Crippen LogP contribution in [-0.2, 0) is 10.2 Å². The number of hydrogen-bond donors (Lipinski definition) is 1. The average Bonchev–Trinajstić information content (AvgIpc) is 3.31. The highest BCUT2D eigenvalue weighted by Crippen LogP contribution is 2.37. The molecule has 162 valence electrons. The summed E-state index contributed by atoms with van der Waals surface area (Å²) < 4.78 is 24.8. The van der Waals surface area contributed by atoms with Crippen LogP contribution in [0.2, 0.25) is 0 Å². The molecule has 0 aliphatic carbocycles. The van der Waals surface area contributed by atoms with Gasteiger partial charge in [0.15, 0.2) is 5.82 Å². The molecule has 3 heterocycles. The van der Waals surface area contributed by atoms with Gasteiger partial charge in [0.1, 0.15) is 5.82 Å². The lowest BCUT2D eigenvalue weighted by atomic mass is 9.76. The number of benzene rings is 1. The minimum absolute atomic E-state index is 0.152. The van der Waals surface area contributed by atoms with Crippen LogP contribution in [-0.4, -0.2) is 52.9 Å². The Bertz CT molecular complexity index is 1030. The third-order valence-electron chi connectivity index (χ3n) is 5.57. The molecule has 1 unspecified atom stereocenters. The van der Waals surface area contributed by atoms with Gasteiger partial charge in [-0.05, 0) is 43.5 Å². The zero-order valence-electron chi connectivity index (χ0n) is 17.3. The van der Waals surface area contributed by atoms with E-state index in [0.29, 0.717) is 37.8 Å². The molecule has 2 amide bonds. The van der Waals surface area contributed by atoms with Crippen molar-refractivity contribution < 1.29 is 18.4 Å². The van der Waals surface area contributed by atoms with Crippen molar-refractivity contribution in [3.8, 4) is 11.5 Å². The normalized spacial score (nSPS) is 18.7. The summed E-state index contributed by atoms with van der Waals surface area (Å²) in [4.78, 5) is 23.3. The van der Waals surface area contributed by atoms with Crippen LogP contribution in [0.1, 0.15) is 25.1 Å². The van der Waals surface area contributed by atoms with E-state index in [1.54, 1.807) is 42.6 Å². The van der Waals surface area contributed by atoms with Crippen molar-refractivity contribution >= 4 is 11.7 Å². The van der Waals surface area contributed by atoms with Gasteiger partial charge in [0.2, 0.25) is 0 Å². The van der Waals surface area contributed by atoms with Gasteiger partial charge in [-0.1, -0.05) is 17.3 Å². The van der Waals surface area contributed by atoms with Crippen molar-refractivity contribution in [2.24, 2.45) is 0 Å². The number of amides is 2. The van der Waals surface area contributed by atoms with Crippen LogP contribution in [0.3, 0.4) is 0 Å². The number of aromatic nitrogens is 3. The summed E-state index contributed by atoms with van der Waals surface area (Å²) in [5, 5.41) is 6.91. The molecule has 4 rings (SSSR count). The number of carbonyl (C=O) groups excluding carboxylic acids is 1. The summed E-state index contributed by atoms with van der Waals surface area (Å²) >= 11 is 0. The van der Waals surface area contributed by atoms with Gasteiger partial charge in [0.25, 0.3) is 5.89 Å². The molecule has 0 bridgehead atoms. The number of nitrogens with one attached hydrogen (secondary N) is 1. The van der Waals surface area contributed by atoms with Crippen LogP contribution >= 0.6 is 0 Å². The fourth-order valence-corrected chi connectivity index (χ4v) is 3.90. The van der Waals surface area contributed by atoms with Crippen LogP contribution < -0.4 is 5.32 Å². The summed E-state index contributed by atoms with van der Waals surface area (Å²) in [5.74, 6) is 0.442. The summed E-state index contributed by atoms with van der Waals surface area (Å²) in [6.07, 6.45) is 5.50. The van der Waals surface area contributed by atoms with Gasteiger partial charge in [-0.2, -0.15) is 4.98 Å². The third-order valence-corrected chi connectivity index (χ3v) is 5.57. The molecule has 0 saturated carbocycles. The van der Waals surface area contributed by atoms with E-state index in [0.717, 1.165) is 18.4 Å². The fourth-order valence-electron chi connectivity index (χ4n) is 3.90. The second kappa shape index (κ2) is 9.22. The van der Waals surface area contributed by atoms with E-state index in [-0.39, 0.29) is 11.7 Å². The van der Waals surface area contributed by atoms with Crippen molar-refractivity contribution in [3.05, 3.63) is 60.4 Å². The van der Waals surface area contributed by atoms with Gasteiger partial charge < -0.3 is 19.5 Å². The number of piperidine rings is 1. The number of anilines is 1. The number of ether oxygens (including phenoxy) is 1. The SMILES string of the molecule is COCCC1(c2noc(-c3cccnc3)n2)CCCN(C(=O)Nc2ccccc2F)C1. The molecule has 0 spiro atoms. The van der Waals surface area contributed by atoms with E-state index in [2.05, 4.69) is 20.4 Å². The quantitative estimate of drug-likeness (QED) is 0.644. The maximum Gasteiger partial charge on any atom is 0.321 e. The number of methoxy groups -OCH3 is 1. The molecule has 0 radical (unpaired) electrons. The maximum atomic E-state index is 14.0. The topological polar surface area (TPSA) is 93.4 Å². The summed E-state index contributed by atoms with van der Waals surface area (Å²) in [5.41, 5.74) is 0.359. The number of rotatable bonds is 6. The summed E-state index contributed by atoms with van der Waals surface area (Å²) in [6.45, 7) is 1.42. The molecular weight excluding hydrogens is 401 g/mol. The van der Waals surface area contributed by atoms with Crippen LogP contribution in [0.4, 0.5) is 14.9 Å². The van der Waals surface area contributed by atoms with Crippen molar-refractivity contribution in [1.82, 2.24) is 20.0 Å². The Balaban J connectivity index is 1.57. The Morgan fingerprint density at radius 1 is 1.32 bits per heavy atom. The molecule has 31 heavy (non-hydrogen) atoms. The van der Waals surface area contributed by atoms with Gasteiger partial charge in [0.05, 0.1) is 16.7 Å². The van der Waals surface area contributed by atoms with Crippen LogP contribution in [0.15, 0.2) is 53.3 Å². The smallest absolute Gasteiger partial charge is 0.321 e. The number of pyridine rings is 1. The van der Waals surface area contributed by atoms with E-state index >= 15 is 0 Å². The number of para-hydroxylation sites is 1.